The maximum Gasteiger partial charge on any atom is 0.0158 e. The Hall–Kier alpha value is -1.26. The smallest absolute Gasteiger partial charge is 0.0158 e. The quantitative estimate of drug-likeness (QED) is 0.437. The fraction of sp³-hybridized carbons (Fsp3) is 0.357. The lowest BCUT2D eigenvalue weighted by atomic mass is 10.1. The van der Waals surface area contributed by atoms with Crippen LogP contribution in [0.1, 0.15) is 33.6 Å². The minimum Gasteiger partial charge on any atom is -0.118 e. The number of rotatable bonds is 5. The highest BCUT2D eigenvalue weighted by Gasteiger charge is 1.84. The lowest BCUT2D eigenvalue weighted by Gasteiger charge is -1.92. The minimum atomic E-state index is 0.997. The van der Waals surface area contributed by atoms with Crippen LogP contribution in [0.3, 0.4) is 0 Å². The van der Waals surface area contributed by atoms with E-state index < -0.39 is 0 Å². The van der Waals surface area contributed by atoms with Gasteiger partial charge in [0.1, 0.15) is 0 Å². The lowest BCUT2D eigenvalue weighted by Crippen LogP contribution is -1.72. The predicted octanol–water partition coefficient (Wildman–Crippen LogP) is 4.58. The van der Waals surface area contributed by atoms with E-state index in [0.717, 1.165) is 24.0 Å². The molecule has 0 aliphatic carbocycles. The van der Waals surface area contributed by atoms with E-state index in [4.69, 9.17) is 0 Å². The summed E-state index contributed by atoms with van der Waals surface area (Å²) in [5.41, 5.74) is 5.42. The molecule has 0 spiro atoms. The molecule has 14 heavy (non-hydrogen) atoms. The maximum absolute atomic E-state index is 3.92. The summed E-state index contributed by atoms with van der Waals surface area (Å²) in [5.74, 6) is 0. The van der Waals surface area contributed by atoms with Gasteiger partial charge in [0.05, 0.1) is 0 Å². The van der Waals surface area contributed by atoms with E-state index in [1.807, 2.05) is 19.1 Å². The first-order chi connectivity index (χ1) is 6.74. The Kier molecular flexibility index (Phi) is 7.59. The topological polar surface area (TPSA) is 0 Å². The predicted molar refractivity (Wildman–Crippen MR) is 65.3 cm³/mol. The molecule has 0 unspecified atom stereocenters. The van der Waals surface area contributed by atoms with E-state index in [-0.39, 0.29) is 0 Å². The van der Waals surface area contributed by atoms with Gasteiger partial charge >= 0.3 is 0 Å². The third-order valence-electron chi connectivity index (χ3n) is 1.80. The normalized spacial score (nSPS) is 10.5. The van der Waals surface area contributed by atoms with Crippen LogP contribution in [0.2, 0.25) is 0 Å². The zero-order valence-electron chi connectivity index (χ0n) is 9.51. The van der Waals surface area contributed by atoms with Gasteiger partial charge in [-0.25, -0.2) is 0 Å². The standard InChI is InChI=1S/C14H20/c1-5-8-10-14(9-6-2)12-11-13(4)7-3/h6,8,10-12H,4-5,7H2,1-3H3. The van der Waals surface area contributed by atoms with Crippen LogP contribution in [0, 0.1) is 0 Å². The van der Waals surface area contributed by atoms with Crippen molar-refractivity contribution in [3.63, 3.8) is 0 Å². The second kappa shape index (κ2) is 8.34. The molecule has 76 valence electrons. The summed E-state index contributed by atoms with van der Waals surface area (Å²) in [4.78, 5) is 0. The molecule has 0 bridgehead atoms. The zero-order valence-corrected chi connectivity index (χ0v) is 9.51. The average Bonchev–Trinajstić information content (AvgIpc) is 2.21. The van der Waals surface area contributed by atoms with Gasteiger partial charge in [-0.15, -0.1) is 5.73 Å². The van der Waals surface area contributed by atoms with Crippen LogP contribution >= 0.6 is 0 Å². The molecule has 0 aliphatic rings. The molecule has 0 radical (unpaired) electrons. The van der Waals surface area contributed by atoms with Gasteiger partial charge in [-0.1, -0.05) is 44.2 Å². The fourth-order valence-electron chi connectivity index (χ4n) is 0.889. The van der Waals surface area contributed by atoms with Gasteiger partial charge in [0.2, 0.25) is 0 Å². The van der Waals surface area contributed by atoms with Gasteiger partial charge in [-0.2, -0.15) is 0 Å². The van der Waals surface area contributed by atoms with Gasteiger partial charge in [0, 0.05) is 5.57 Å². The molecule has 0 fully saturated rings. The van der Waals surface area contributed by atoms with Gasteiger partial charge in [0.15, 0.2) is 0 Å². The summed E-state index contributed by atoms with van der Waals surface area (Å²) in [5, 5.41) is 0. The average molecular weight is 188 g/mol. The summed E-state index contributed by atoms with van der Waals surface area (Å²) < 4.78 is 0. The van der Waals surface area contributed by atoms with Crippen molar-refractivity contribution in [3.05, 3.63) is 53.8 Å². The summed E-state index contributed by atoms with van der Waals surface area (Å²) in [7, 11) is 0. The largest absolute Gasteiger partial charge is 0.118 e. The van der Waals surface area contributed by atoms with Gasteiger partial charge in [-0.3, -0.25) is 0 Å². The summed E-state index contributed by atoms with van der Waals surface area (Å²) >= 11 is 0. The highest BCUT2D eigenvalue weighted by Crippen LogP contribution is 2.04. The first-order valence-corrected chi connectivity index (χ1v) is 5.18. The first kappa shape index (κ1) is 12.7. The molecule has 0 aromatic carbocycles. The van der Waals surface area contributed by atoms with Crippen LogP contribution in [0.5, 0.6) is 0 Å². The molecular formula is C14H20. The molecule has 0 aromatic heterocycles. The number of allylic oxidation sites excluding steroid dienone is 6. The van der Waals surface area contributed by atoms with Gasteiger partial charge in [0.25, 0.3) is 0 Å². The van der Waals surface area contributed by atoms with Crippen molar-refractivity contribution >= 4 is 0 Å². The molecule has 0 aliphatic heterocycles. The van der Waals surface area contributed by atoms with E-state index in [0.29, 0.717) is 0 Å². The lowest BCUT2D eigenvalue weighted by molar-refractivity contribution is 1.16. The van der Waals surface area contributed by atoms with Crippen LogP contribution in [0.25, 0.3) is 0 Å². The third-order valence-corrected chi connectivity index (χ3v) is 1.80. The Bertz CT molecular complexity index is 281. The van der Waals surface area contributed by atoms with E-state index in [2.05, 4.69) is 44.4 Å². The molecule has 0 rings (SSSR count). The second-order valence-electron chi connectivity index (χ2n) is 3.04. The summed E-state index contributed by atoms with van der Waals surface area (Å²) in [6, 6.07) is 0. The van der Waals surface area contributed by atoms with Crippen LogP contribution in [0.4, 0.5) is 0 Å². The molecule has 0 aromatic rings. The molecule has 0 heterocycles. The molecular weight excluding hydrogens is 168 g/mol. The van der Waals surface area contributed by atoms with Gasteiger partial charge in [-0.05, 0) is 31.9 Å². The Morgan fingerprint density at radius 2 is 1.93 bits per heavy atom. The van der Waals surface area contributed by atoms with E-state index in [1.54, 1.807) is 0 Å². The Morgan fingerprint density at radius 3 is 2.43 bits per heavy atom. The SMILES string of the molecule is C=C(C=CC(=C=CC)C=CCC)CC. The molecule has 0 N–H and O–H groups in total. The molecule has 0 heteroatoms. The van der Waals surface area contributed by atoms with Crippen molar-refractivity contribution in [3.8, 4) is 0 Å². The fourth-order valence-corrected chi connectivity index (χ4v) is 0.889. The maximum atomic E-state index is 3.92. The van der Waals surface area contributed by atoms with Crippen LogP contribution < -0.4 is 0 Å². The van der Waals surface area contributed by atoms with Gasteiger partial charge < -0.3 is 0 Å². The van der Waals surface area contributed by atoms with Crippen LogP contribution in [-0.4, -0.2) is 0 Å². The van der Waals surface area contributed by atoms with Crippen molar-refractivity contribution < 1.29 is 0 Å². The molecule has 0 saturated heterocycles. The summed E-state index contributed by atoms with van der Waals surface area (Å²) in [6.07, 6.45) is 12.3. The third kappa shape index (κ3) is 6.28. The van der Waals surface area contributed by atoms with E-state index in [1.165, 1.54) is 0 Å². The Morgan fingerprint density at radius 1 is 1.21 bits per heavy atom. The molecule has 0 atom stereocenters. The van der Waals surface area contributed by atoms with Crippen LogP contribution in [-0.2, 0) is 0 Å². The highest BCUT2D eigenvalue weighted by molar-refractivity contribution is 5.33. The molecule has 0 saturated carbocycles. The van der Waals surface area contributed by atoms with Crippen molar-refractivity contribution in [2.24, 2.45) is 0 Å². The van der Waals surface area contributed by atoms with E-state index >= 15 is 0 Å². The number of hydrogen-bond donors (Lipinski definition) is 0. The minimum absolute atomic E-state index is 0.997. The summed E-state index contributed by atoms with van der Waals surface area (Å²) in [6.45, 7) is 10.1. The van der Waals surface area contributed by atoms with Crippen molar-refractivity contribution in [2.45, 2.75) is 33.6 Å². The van der Waals surface area contributed by atoms with Crippen LogP contribution in [0.15, 0.2) is 53.8 Å². The highest BCUT2D eigenvalue weighted by atomic mass is 13.9. The van der Waals surface area contributed by atoms with Crippen molar-refractivity contribution in [1.82, 2.24) is 0 Å². The first-order valence-electron chi connectivity index (χ1n) is 5.18. The monoisotopic (exact) mass is 188 g/mol. The zero-order chi connectivity index (χ0) is 10.8. The second-order valence-corrected chi connectivity index (χ2v) is 3.04. The Balaban J connectivity index is 4.55. The molecule has 0 amide bonds. The van der Waals surface area contributed by atoms with Crippen molar-refractivity contribution in [1.29, 1.82) is 0 Å². The number of hydrogen-bond acceptors (Lipinski definition) is 0. The van der Waals surface area contributed by atoms with Crippen molar-refractivity contribution in [2.75, 3.05) is 0 Å². The Labute approximate surface area is 88.0 Å². The molecule has 0 nitrogen and oxygen atoms in total. The van der Waals surface area contributed by atoms with E-state index in [9.17, 15) is 0 Å².